The van der Waals surface area contributed by atoms with Crippen LogP contribution in [0.25, 0.3) is 0 Å². The summed E-state index contributed by atoms with van der Waals surface area (Å²) in [6.45, 7) is 3.98. The van der Waals surface area contributed by atoms with Crippen LogP contribution >= 0.6 is 0 Å². The number of nitrogens with one attached hydrogen (secondary N) is 1. The maximum Gasteiger partial charge on any atom is 0.255 e. The van der Waals surface area contributed by atoms with Gasteiger partial charge in [-0.2, -0.15) is 0 Å². The Labute approximate surface area is 166 Å². The van der Waals surface area contributed by atoms with Crippen LogP contribution in [-0.4, -0.2) is 14.3 Å². The van der Waals surface area contributed by atoms with Crippen LogP contribution in [0.2, 0.25) is 0 Å². The lowest BCUT2D eigenvalue weighted by atomic mass is 10.1. The normalized spacial score (nSPS) is 11.2. The van der Waals surface area contributed by atoms with E-state index in [1.165, 1.54) is 5.56 Å². The van der Waals surface area contributed by atoms with Gasteiger partial charge in [0.2, 0.25) is 0 Å². The van der Waals surface area contributed by atoms with Gasteiger partial charge in [0.25, 0.3) is 5.91 Å². The molecule has 4 nitrogen and oxygen atoms in total. The fourth-order valence-corrected chi connectivity index (χ4v) is 4.21. The Balaban J connectivity index is 1.75. The predicted octanol–water partition coefficient (Wildman–Crippen LogP) is 4.78. The number of carbonyl (C=O) groups is 1. The van der Waals surface area contributed by atoms with Crippen LogP contribution in [-0.2, 0) is 22.0 Å². The minimum atomic E-state index is -3.47. The summed E-state index contributed by atoms with van der Waals surface area (Å²) >= 11 is 0. The van der Waals surface area contributed by atoms with Crippen molar-refractivity contribution < 1.29 is 13.2 Å². The second-order valence-electron chi connectivity index (χ2n) is 6.78. The van der Waals surface area contributed by atoms with Gasteiger partial charge in [0.1, 0.15) is 0 Å². The minimum absolute atomic E-state index is 0.150. The third-order valence-corrected chi connectivity index (χ3v) is 6.25. The summed E-state index contributed by atoms with van der Waals surface area (Å²) in [6.07, 6.45) is 0.936. The number of aryl methyl sites for hydroxylation is 2. The van der Waals surface area contributed by atoms with Crippen LogP contribution in [0, 0.1) is 6.92 Å². The Morgan fingerprint density at radius 1 is 0.893 bits per heavy atom. The highest BCUT2D eigenvalue weighted by molar-refractivity contribution is 7.90. The maximum atomic E-state index is 12.6. The van der Waals surface area contributed by atoms with Crippen molar-refractivity contribution in [1.82, 2.24) is 0 Å². The SMILES string of the molecule is CCc1ccc(NC(=O)c2cccc(CS(=O)(=O)c3ccc(C)cc3)c2)cc1. The highest BCUT2D eigenvalue weighted by atomic mass is 32.2. The molecule has 0 aliphatic heterocycles. The Hall–Kier alpha value is -2.92. The number of sulfone groups is 1. The first kappa shape index (κ1) is 19.8. The Bertz CT molecular complexity index is 1070. The maximum absolute atomic E-state index is 12.6. The summed E-state index contributed by atoms with van der Waals surface area (Å²) in [5.41, 5.74) is 3.91. The quantitative estimate of drug-likeness (QED) is 0.655. The van der Waals surface area contributed by atoms with E-state index in [4.69, 9.17) is 0 Å². The molecule has 0 saturated carbocycles. The molecular weight excluding hydrogens is 370 g/mol. The summed E-state index contributed by atoms with van der Waals surface area (Å²) in [4.78, 5) is 12.8. The lowest BCUT2D eigenvalue weighted by Gasteiger charge is -2.09. The van der Waals surface area contributed by atoms with E-state index in [-0.39, 0.29) is 16.6 Å². The number of anilines is 1. The first-order valence-electron chi connectivity index (χ1n) is 9.16. The zero-order valence-corrected chi connectivity index (χ0v) is 16.8. The molecule has 3 rings (SSSR count). The third-order valence-electron chi connectivity index (χ3n) is 4.55. The Kier molecular flexibility index (Phi) is 5.95. The summed E-state index contributed by atoms with van der Waals surface area (Å²) in [7, 11) is -3.47. The van der Waals surface area contributed by atoms with E-state index < -0.39 is 9.84 Å². The molecule has 3 aromatic carbocycles. The van der Waals surface area contributed by atoms with E-state index in [0.717, 1.165) is 12.0 Å². The molecule has 1 N–H and O–H groups in total. The molecule has 0 heterocycles. The van der Waals surface area contributed by atoms with E-state index in [9.17, 15) is 13.2 Å². The fraction of sp³-hybridized carbons (Fsp3) is 0.174. The van der Waals surface area contributed by atoms with Gasteiger partial charge in [0, 0.05) is 11.3 Å². The van der Waals surface area contributed by atoms with Gasteiger partial charge < -0.3 is 5.32 Å². The van der Waals surface area contributed by atoms with Gasteiger partial charge in [-0.3, -0.25) is 4.79 Å². The standard InChI is InChI=1S/C23H23NO3S/c1-3-18-9-11-21(12-10-18)24-23(25)20-6-4-5-19(15-20)16-28(26,27)22-13-7-17(2)8-14-22/h4-15H,3,16H2,1-2H3,(H,24,25). The van der Waals surface area contributed by atoms with Crippen molar-refractivity contribution >= 4 is 21.4 Å². The van der Waals surface area contributed by atoms with Crippen LogP contribution in [0.15, 0.2) is 77.7 Å². The van der Waals surface area contributed by atoms with E-state index in [1.807, 2.05) is 31.2 Å². The van der Waals surface area contributed by atoms with Crippen molar-refractivity contribution in [3.8, 4) is 0 Å². The number of hydrogen-bond donors (Lipinski definition) is 1. The highest BCUT2D eigenvalue weighted by Gasteiger charge is 2.16. The topological polar surface area (TPSA) is 63.2 Å². The van der Waals surface area contributed by atoms with E-state index in [2.05, 4.69) is 12.2 Å². The predicted molar refractivity (Wildman–Crippen MR) is 112 cm³/mol. The average molecular weight is 394 g/mol. The summed E-state index contributed by atoms with van der Waals surface area (Å²) in [5.74, 6) is -0.415. The molecule has 0 bridgehead atoms. The molecule has 0 atom stereocenters. The molecule has 28 heavy (non-hydrogen) atoms. The van der Waals surface area contributed by atoms with Crippen molar-refractivity contribution in [1.29, 1.82) is 0 Å². The zero-order valence-electron chi connectivity index (χ0n) is 16.0. The van der Waals surface area contributed by atoms with Crippen molar-refractivity contribution in [3.63, 3.8) is 0 Å². The highest BCUT2D eigenvalue weighted by Crippen LogP contribution is 2.19. The molecule has 144 valence electrons. The smallest absolute Gasteiger partial charge is 0.255 e. The summed E-state index contributed by atoms with van der Waals surface area (Å²) in [5, 5.41) is 2.85. The van der Waals surface area contributed by atoms with Crippen LogP contribution in [0.4, 0.5) is 5.69 Å². The zero-order chi connectivity index (χ0) is 20.1. The number of rotatable bonds is 6. The first-order chi connectivity index (χ1) is 13.4. The molecule has 0 saturated heterocycles. The molecule has 0 aliphatic carbocycles. The summed E-state index contributed by atoms with van der Waals surface area (Å²) < 4.78 is 25.3. The minimum Gasteiger partial charge on any atom is -0.322 e. The van der Waals surface area contributed by atoms with Gasteiger partial charge in [-0.05, 0) is 60.9 Å². The van der Waals surface area contributed by atoms with Crippen LogP contribution in [0.1, 0.15) is 34.0 Å². The lowest BCUT2D eigenvalue weighted by molar-refractivity contribution is 0.102. The molecule has 3 aromatic rings. The molecule has 0 unspecified atom stereocenters. The number of benzene rings is 3. The molecular formula is C23H23NO3S. The third kappa shape index (κ3) is 4.87. The Morgan fingerprint density at radius 3 is 2.21 bits per heavy atom. The average Bonchev–Trinajstić information content (AvgIpc) is 2.69. The molecule has 0 aliphatic rings. The van der Waals surface area contributed by atoms with Crippen molar-refractivity contribution in [3.05, 3.63) is 95.1 Å². The second-order valence-corrected chi connectivity index (χ2v) is 8.77. The van der Waals surface area contributed by atoms with E-state index in [0.29, 0.717) is 16.8 Å². The Morgan fingerprint density at radius 2 is 1.57 bits per heavy atom. The fourth-order valence-electron chi connectivity index (χ4n) is 2.88. The molecule has 0 fully saturated rings. The first-order valence-corrected chi connectivity index (χ1v) is 10.8. The van der Waals surface area contributed by atoms with Crippen molar-refractivity contribution in [2.45, 2.75) is 30.9 Å². The van der Waals surface area contributed by atoms with Crippen LogP contribution < -0.4 is 5.32 Å². The van der Waals surface area contributed by atoms with Crippen molar-refractivity contribution in [2.24, 2.45) is 0 Å². The largest absolute Gasteiger partial charge is 0.322 e. The molecule has 5 heteroatoms. The van der Waals surface area contributed by atoms with Gasteiger partial charge in [0.05, 0.1) is 10.6 Å². The van der Waals surface area contributed by atoms with Gasteiger partial charge in [-0.25, -0.2) is 8.42 Å². The second kappa shape index (κ2) is 8.40. The molecule has 0 aromatic heterocycles. The monoisotopic (exact) mass is 393 g/mol. The van der Waals surface area contributed by atoms with Gasteiger partial charge in [-0.15, -0.1) is 0 Å². The molecule has 0 radical (unpaired) electrons. The van der Waals surface area contributed by atoms with E-state index in [1.54, 1.807) is 48.5 Å². The number of carbonyl (C=O) groups excluding carboxylic acids is 1. The molecule has 0 spiro atoms. The van der Waals surface area contributed by atoms with E-state index >= 15 is 0 Å². The number of amides is 1. The van der Waals surface area contributed by atoms with Crippen molar-refractivity contribution in [2.75, 3.05) is 5.32 Å². The summed E-state index contributed by atoms with van der Waals surface area (Å²) in [6, 6.07) is 21.2. The van der Waals surface area contributed by atoms with Gasteiger partial charge >= 0.3 is 0 Å². The lowest BCUT2D eigenvalue weighted by Crippen LogP contribution is -2.13. The van der Waals surface area contributed by atoms with Gasteiger partial charge in [-0.1, -0.05) is 48.9 Å². The van der Waals surface area contributed by atoms with Gasteiger partial charge in [0.15, 0.2) is 9.84 Å². The molecule has 1 amide bonds. The number of hydrogen-bond acceptors (Lipinski definition) is 3. The van der Waals surface area contributed by atoms with Crippen LogP contribution in [0.3, 0.4) is 0 Å². The van der Waals surface area contributed by atoms with Crippen LogP contribution in [0.5, 0.6) is 0 Å².